The van der Waals surface area contributed by atoms with E-state index in [9.17, 15) is 9.59 Å². The van der Waals surface area contributed by atoms with Crippen LogP contribution < -0.4 is 10.1 Å². The van der Waals surface area contributed by atoms with E-state index in [-0.39, 0.29) is 5.91 Å². The summed E-state index contributed by atoms with van der Waals surface area (Å²) in [5.74, 6) is -0.0568. The number of thiophene rings is 1. The number of carbonyl (C=O) groups excluding carboxylic acids is 2. The third-order valence-electron chi connectivity index (χ3n) is 3.49. The van der Waals surface area contributed by atoms with Crippen molar-refractivity contribution in [1.29, 1.82) is 0 Å². The minimum Gasteiger partial charge on any atom is -0.497 e. The van der Waals surface area contributed by atoms with Gasteiger partial charge >= 0.3 is 5.97 Å². The summed E-state index contributed by atoms with van der Waals surface area (Å²) in [5.41, 5.74) is 2.02. The van der Waals surface area contributed by atoms with Crippen molar-refractivity contribution in [3.8, 4) is 5.75 Å². The normalized spacial score (nSPS) is 11.9. The number of hydrogen-bond acceptors (Lipinski definition) is 5. The second kappa shape index (κ2) is 9.64. The molecule has 0 fully saturated rings. The maximum Gasteiger partial charge on any atom is 0.331 e. The first-order chi connectivity index (χ1) is 12.1. The number of rotatable bonds is 8. The number of benzene rings is 1. The number of carbonyl (C=O) groups is 2. The Bertz CT molecular complexity index is 708. The Balaban J connectivity index is 1.71. The molecule has 0 radical (unpaired) electrons. The van der Waals surface area contributed by atoms with Crippen molar-refractivity contribution in [2.45, 2.75) is 19.4 Å². The van der Waals surface area contributed by atoms with Gasteiger partial charge in [0.1, 0.15) is 5.75 Å². The van der Waals surface area contributed by atoms with Gasteiger partial charge in [0.15, 0.2) is 6.10 Å². The van der Waals surface area contributed by atoms with Gasteiger partial charge in [-0.25, -0.2) is 4.79 Å². The average Bonchev–Trinajstić information content (AvgIpc) is 3.14. The van der Waals surface area contributed by atoms with E-state index in [4.69, 9.17) is 9.47 Å². The lowest BCUT2D eigenvalue weighted by Crippen LogP contribution is -2.36. The predicted octanol–water partition coefficient (Wildman–Crippen LogP) is 3.06. The van der Waals surface area contributed by atoms with Crippen LogP contribution in [0.2, 0.25) is 0 Å². The van der Waals surface area contributed by atoms with Gasteiger partial charge in [0.2, 0.25) is 0 Å². The van der Waals surface area contributed by atoms with Gasteiger partial charge < -0.3 is 14.8 Å². The van der Waals surface area contributed by atoms with Gasteiger partial charge in [-0.2, -0.15) is 11.3 Å². The highest BCUT2D eigenvalue weighted by Crippen LogP contribution is 2.11. The van der Waals surface area contributed by atoms with Crippen LogP contribution in [0.25, 0.3) is 6.08 Å². The van der Waals surface area contributed by atoms with Crippen molar-refractivity contribution in [3.63, 3.8) is 0 Å². The number of esters is 1. The molecule has 0 saturated carbocycles. The summed E-state index contributed by atoms with van der Waals surface area (Å²) in [5, 5.41) is 6.60. The summed E-state index contributed by atoms with van der Waals surface area (Å²) in [6.45, 7) is 2.02. The van der Waals surface area contributed by atoms with Gasteiger partial charge in [0, 0.05) is 12.6 Å². The summed E-state index contributed by atoms with van der Waals surface area (Å²) in [6.07, 6.45) is 2.83. The molecule has 1 aromatic carbocycles. The van der Waals surface area contributed by atoms with E-state index in [0.29, 0.717) is 13.0 Å². The average molecular weight is 359 g/mol. The highest BCUT2D eigenvalue weighted by atomic mass is 32.1. The van der Waals surface area contributed by atoms with Crippen LogP contribution in [0.15, 0.2) is 47.2 Å². The van der Waals surface area contributed by atoms with Crippen molar-refractivity contribution in [2.24, 2.45) is 0 Å². The highest BCUT2D eigenvalue weighted by Gasteiger charge is 2.15. The van der Waals surface area contributed by atoms with E-state index >= 15 is 0 Å². The van der Waals surface area contributed by atoms with E-state index in [0.717, 1.165) is 16.9 Å². The molecule has 0 saturated heterocycles. The van der Waals surface area contributed by atoms with Crippen molar-refractivity contribution >= 4 is 29.3 Å². The smallest absolute Gasteiger partial charge is 0.331 e. The summed E-state index contributed by atoms with van der Waals surface area (Å²) in [7, 11) is 1.62. The zero-order chi connectivity index (χ0) is 18.1. The topological polar surface area (TPSA) is 64.6 Å². The first-order valence-corrected chi connectivity index (χ1v) is 8.84. The van der Waals surface area contributed by atoms with Crippen LogP contribution in [-0.4, -0.2) is 31.6 Å². The molecule has 1 aromatic heterocycles. The van der Waals surface area contributed by atoms with Gasteiger partial charge in [-0.3, -0.25) is 4.79 Å². The summed E-state index contributed by atoms with van der Waals surface area (Å²) >= 11 is 1.54. The zero-order valence-corrected chi connectivity index (χ0v) is 15.0. The second-order valence-corrected chi connectivity index (χ2v) is 6.14. The Morgan fingerprint density at radius 2 is 2.00 bits per heavy atom. The molecular weight excluding hydrogens is 338 g/mol. The van der Waals surface area contributed by atoms with Crippen molar-refractivity contribution < 1.29 is 19.1 Å². The first kappa shape index (κ1) is 18.7. The van der Waals surface area contributed by atoms with Gasteiger partial charge in [-0.15, -0.1) is 0 Å². The molecule has 5 nitrogen and oxygen atoms in total. The molecule has 1 heterocycles. The minimum absolute atomic E-state index is 0.314. The fourth-order valence-electron chi connectivity index (χ4n) is 2.07. The molecule has 2 aromatic rings. The molecule has 0 aliphatic heterocycles. The van der Waals surface area contributed by atoms with E-state index in [1.807, 2.05) is 41.1 Å². The van der Waals surface area contributed by atoms with E-state index in [1.54, 1.807) is 31.4 Å². The van der Waals surface area contributed by atoms with E-state index in [2.05, 4.69) is 5.32 Å². The lowest BCUT2D eigenvalue weighted by Gasteiger charge is -2.12. The fourth-order valence-corrected chi connectivity index (χ4v) is 2.70. The SMILES string of the molecule is COc1ccc(CCNC(=O)[C@H](C)OC(=O)/C=C/c2ccsc2)cc1. The van der Waals surface area contributed by atoms with Crippen LogP contribution in [0.5, 0.6) is 5.75 Å². The van der Waals surface area contributed by atoms with Crippen molar-refractivity contribution in [1.82, 2.24) is 5.32 Å². The minimum atomic E-state index is -0.838. The summed E-state index contributed by atoms with van der Waals surface area (Å²) in [6, 6.07) is 9.54. The Kier molecular flexibility index (Phi) is 7.22. The number of nitrogens with one attached hydrogen (secondary N) is 1. The molecule has 0 bridgehead atoms. The molecule has 2 rings (SSSR count). The van der Waals surface area contributed by atoms with Gasteiger partial charge in [0.05, 0.1) is 7.11 Å². The molecule has 6 heteroatoms. The monoisotopic (exact) mass is 359 g/mol. The lowest BCUT2D eigenvalue weighted by atomic mass is 10.1. The standard InChI is InChI=1S/C19H21NO4S/c1-14(24-18(21)8-5-16-10-12-25-13-16)19(22)20-11-9-15-3-6-17(23-2)7-4-15/h3-8,10,12-14H,9,11H2,1-2H3,(H,20,22)/b8-5+/t14-/m0/s1. The van der Waals surface area contributed by atoms with Crippen molar-refractivity contribution in [2.75, 3.05) is 13.7 Å². The summed E-state index contributed by atoms with van der Waals surface area (Å²) < 4.78 is 10.2. The van der Waals surface area contributed by atoms with Crippen LogP contribution in [0.4, 0.5) is 0 Å². The fraction of sp³-hybridized carbons (Fsp3) is 0.263. The quantitative estimate of drug-likeness (QED) is 0.581. The van der Waals surface area contributed by atoms with E-state index < -0.39 is 12.1 Å². The molecule has 132 valence electrons. The lowest BCUT2D eigenvalue weighted by molar-refractivity contribution is -0.150. The molecule has 25 heavy (non-hydrogen) atoms. The largest absolute Gasteiger partial charge is 0.497 e. The Labute approximate surface area is 151 Å². The van der Waals surface area contributed by atoms with Crippen LogP contribution in [0.1, 0.15) is 18.1 Å². The second-order valence-electron chi connectivity index (χ2n) is 5.36. The number of methoxy groups -OCH3 is 1. The van der Waals surface area contributed by atoms with Gasteiger partial charge in [-0.05, 0) is 59.5 Å². The first-order valence-electron chi connectivity index (χ1n) is 7.90. The zero-order valence-electron chi connectivity index (χ0n) is 14.2. The van der Waals surface area contributed by atoms with Gasteiger partial charge in [-0.1, -0.05) is 12.1 Å². The van der Waals surface area contributed by atoms with Crippen LogP contribution in [0, 0.1) is 0 Å². The molecule has 0 spiro atoms. The molecule has 0 aliphatic carbocycles. The third kappa shape index (κ3) is 6.43. The number of ether oxygens (including phenoxy) is 2. The maximum absolute atomic E-state index is 12.0. The highest BCUT2D eigenvalue weighted by molar-refractivity contribution is 7.08. The van der Waals surface area contributed by atoms with Crippen LogP contribution >= 0.6 is 11.3 Å². The Hall–Kier alpha value is -2.60. The number of amides is 1. The van der Waals surface area contributed by atoms with Crippen LogP contribution in [0.3, 0.4) is 0 Å². The van der Waals surface area contributed by atoms with Crippen LogP contribution in [-0.2, 0) is 20.7 Å². The summed E-state index contributed by atoms with van der Waals surface area (Å²) in [4.78, 5) is 23.7. The molecule has 0 unspecified atom stereocenters. The third-order valence-corrected chi connectivity index (χ3v) is 4.19. The number of hydrogen-bond donors (Lipinski definition) is 1. The van der Waals surface area contributed by atoms with Gasteiger partial charge in [0.25, 0.3) is 5.91 Å². The molecule has 1 atom stereocenters. The Morgan fingerprint density at radius 1 is 1.24 bits per heavy atom. The molecular formula is C19H21NO4S. The predicted molar refractivity (Wildman–Crippen MR) is 98.6 cm³/mol. The van der Waals surface area contributed by atoms with E-state index in [1.165, 1.54) is 6.08 Å². The molecule has 0 aliphatic rings. The maximum atomic E-state index is 12.0. The molecule has 1 amide bonds. The Morgan fingerprint density at radius 3 is 2.64 bits per heavy atom. The van der Waals surface area contributed by atoms with Crippen molar-refractivity contribution in [3.05, 3.63) is 58.3 Å². The molecule has 1 N–H and O–H groups in total.